The van der Waals surface area contributed by atoms with Crippen LogP contribution in [0.25, 0.3) is 11.1 Å². The Morgan fingerprint density at radius 2 is 1.63 bits per heavy atom. The fourth-order valence-corrected chi connectivity index (χ4v) is 6.52. The first-order chi connectivity index (χ1) is 16.7. The summed E-state index contributed by atoms with van der Waals surface area (Å²) in [6, 6.07) is 16.3. The quantitative estimate of drug-likeness (QED) is 0.392. The number of nitrogens with zero attached hydrogens (tertiary/aromatic N) is 4. The molecular weight excluding hydrogens is 488 g/mol. The number of fused-ring (bicyclic) bond motifs is 1. The molecule has 1 unspecified atom stereocenters. The number of hydrogen-bond donors (Lipinski definition) is 0. The van der Waals surface area contributed by atoms with Crippen molar-refractivity contribution in [3.8, 4) is 11.1 Å². The molecule has 1 aromatic heterocycles. The van der Waals surface area contributed by atoms with E-state index in [2.05, 4.69) is 4.98 Å². The smallest absolute Gasteiger partial charge is 0.373 e. The normalized spacial score (nSPS) is 20.6. The summed E-state index contributed by atoms with van der Waals surface area (Å²) >= 11 is 6.01. The van der Waals surface area contributed by atoms with Crippen molar-refractivity contribution >= 4 is 27.7 Å². The number of quaternary nitrogens is 1. The van der Waals surface area contributed by atoms with Gasteiger partial charge in [0.15, 0.2) is 0 Å². The molecule has 0 bridgehead atoms. The van der Waals surface area contributed by atoms with E-state index in [4.69, 9.17) is 11.6 Å². The first kappa shape index (κ1) is 23.9. The molecule has 5 rings (SSSR count). The number of hydroxylamine groups is 2. The number of halogens is 1. The standard InChI is InChI=1S/C25H25ClN4O4S/c1-18-14-21(8-9-27-18)19-2-4-20(5-3-19)25(31)28-10-12-29(13-11-28)35(33,34)30(32)16-22-6-7-24(26)15-23(22)17-30/h2-9,14-15H,10-13,16-17H2,1H3. The Labute approximate surface area is 209 Å². The lowest BCUT2D eigenvalue weighted by atomic mass is 10.0. The van der Waals surface area contributed by atoms with Gasteiger partial charge in [-0.05, 0) is 54.4 Å². The first-order valence-electron chi connectivity index (χ1n) is 11.3. The number of aromatic nitrogens is 1. The second kappa shape index (κ2) is 9.00. The van der Waals surface area contributed by atoms with Gasteiger partial charge in [-0.3, -0.25) is 9.78 Å². The zero-order chi connectivity index (χ0) is 24.8. The minimum atomic E-state index is -4.17. The zero-order valence-electron chi connectivity index (χ0n) is 19.2. The van der Waals surface area contributed by atoms with Crippen molar-refractivity contribution in [1.29, 1.82) is 0 Å². The third-order valence-electron chi connectivity index (χ3n) is 6.63. The van der Waals surface area contributed by atoms with Crippen LogP contribution in [-0.4, -0.2) is 58.7 Å². The van der Waals surface area contributed by atoms with E-state index in [1.54, 1.807) is 41.4 Å². The highest BCUT2D eigenvalue weighted by atomic mass is 35.5. The average molecular weight is 513 g/mol. The Bertz CT molecular complexity index is 1390. The molecule has 3 heterocycles. The van der Waals surface area contributed by atoms with Crippen LogP contribution in [0.3, 0.4) is 0 Å². The van der Waals surface area contributed by atoms with Crippen molar-refractivity contribution in [2.75, 3.05) is 26.2 Å². The molecular formula is C25H25ClN4O4S. The molecule has 2 aromatic carbocycles. The summed E-state index contributed by atoms with van der Waals surface area (Å²) in [6.45, 7) is 2.24. The summed E-state index contributed by atoms with van der Waals surface area (Å²) in [7, 11) is -4.17. The fourth-order valence-electron chi connectivity index (χ4n) is 4.68. The van der Waals surface area contributed by atoms with Gasteiger partial charge in [0.05, 0.1) is 0 Å². The number of carbonyl (C=O) groups excluding carboxylic acids is 1. The van der Waals surface area contributed by atoms with Gasteiger partial charge in [-0.15, -0.1) is 0 Å². The molecule has 0 radical (unpaired) electrons. The van der Waals surface area contributed by atoms with Gasteiger partial charge in [0.2, 0.25) is 0 Å². The Kier molecular flexibility index (Phi) is 6.14. The predicted octanol–water partition coefficient (Wildman–Crippen LogP) is 3.74. The van der Waals surface area contributed by atoms with Crippen molar-refractivity contribution in [2.45, 2.75) is 20.0 Å². The molecule has 35 heavy (non-hydrogen) atoms. The van der Waals surface area contributed by atoms with E-state index in [-0.39, 0.29) is 45.2 Å². The van der Waals surface area contributed by atoms with Crippen LogP contribution in [-0.2, 0) is 23.3 Å². The number of rotatable bonds is 4. The zero-order valence-corrected chi connectivity index (χ0v) is 20.8. The summed E-state index contributed by atoms with van der Waals surface area (Å²) in [6.07, 6.45) is 1.75. The van der Waals surface area contributed by atoms with Crippen LogP contribution >= 0.6 is 11.6 Å². The van der Waals surface area contributed by atoms with Gasteiger partial charge < -0.3 is 10.1 Å². The van der Waals surface area contributed by atoms with Crippen LogP contribution in [0.4, 0.5) is 0 Å². The molecule has 0 spiro atoms. The third-order valence-corrected chi connectivity index (χ3v) is 8.98. The molecule has 8 nitrogen and oxygen atoms in total. The number of benzene rings is 2. The van der Waals surface area contributed by atoms with Gasteiger partial charge in [0.25, 0.3) is 5.91 Å². The van der Waals surface area contributed by atoms with E-state index in [9.17, 15) is 18.4 Å². The number of amides is 1. The minimum absolute atomic E-state index is 0.0851. The second-order valence-electron chi connectivity index (χ2n) is 8.98. The number of hydrogen-bond acceptors (Lipinski definition) is 5. The fraction of sp³-hybridized carbons (Fsp3) is 0.280. The van der Waals surface area contributed by atoms with E-state index >= 15 is 0 Å². The van der Waals surface area contributed by atoms with E-state index in [0.717, 1.165) is 16.8 Å². The summed E-state index contributed by atoms with van der Waals surface area (Å²) in [4.78, 5) is 18.9. The number of piperazine rings is 1. The van der Waals surface area contributed by atoms with E-state index in [1.165, 1.54) is 4.31 Å². The van der Waals surface area contributed by atoms with Crippen molar-refractivity contribution in [3.05, 3.63) is 93.4 Å². The summed E-state index contributed by atoms with van der Waals surface area (Å²) in [5.41, 5.74) is 4.83. The highest BCUT2D eigenvalue weighted by Crippen LogP contribution is 2.35. The summed E-state index contributed by atoms with van der Waals surface area (Å²) < 4.78 is 26.4. The Hall–Kier alpha value is -2.82. The van der Waals surface area contributed by atoms with Gasteiger partial charge in [-0.2, -0.15) is 12.7 Å². The maximum absolute atomic E-state index is 13.4. The van der Waals surface area contributed by atoms with Crippen LogP contribution in [0.1, 0.15) is 27.2 Å². The molecule has 1 amide bonds. The Morgan fingerprint density at radius 1 is 0.943 bits per heavy atom. The van der Waals surface area contributed by atoms with Crippen molar-refractivity contribution in [2.24, 2.45) is 0 Å². The number of aryl methyl sites for hydroxylation is 1. The van der Waals surface area contributed by atoms with Gasteiger partial charge in [0, 0.05) is 59.8 Å². The van der Waals surface area contributed by atoms with E-state index in [1.807, 2.05) is 31.2 Å². The molecule has 2 aliphatic rings. The van der Waals surface area contributed by atoms with Crippen LogP contribution in [0.15, 0.2) is 60.8 Å². The Morgan fingerprint density at radius 3 is 2.31 bits per heavy atom. The molecule has 3 aromatic rings. The molecule has 0 N–H and O–H groups in total. The number of pyridine rings is 1. The maximum atomic E-state index is 13.4. The molecule has 1 saturated heterocycles. The summed E-state index contributed by atoms with van der Waals surface area (Å²) in [5.74, 6) is -0.159. The Balaban J connectivity index is 1.24. The van der Waals surface area contributed by atoms with Crippen LogP contribution in [0.2, 0.25) is 5.02 Å². The van der Waals surface area contributed by atoms with Crippen molar-refractivity contribution in [1.82, 2.24) is 14.2 Å². The highest BCUT2D eigenvalue weighted by molar-refractivity contribution is 7.83. The minimum Gasteiger partial charge on any atom is -0.615 e. The highest BCUT2D eigenvalue weighted by Gasteiger charge is 2.45. The largest absolute Gasteiger partial charge is 0.615 e. The molecule has 0 saturated carbocycles. The SMILES string of the molecule is Cc1cc(-c2ccc(C(=O)N3CCN(S(=O)(=O)[N+]4([O-])Cc5ccc(Cl)cc5C4)CC3)cc2)ccn1. The lowest BCUT2D eigenvalue weighted by molar-refractivity contribution is -0.776. The van der Waals surface area contributed by atoms with Crippen molar-refractivity contribution < 1.29 is 17.3 Å². The maximum Gasteiger partial charge on any atom is 0.373 e. The average Bonchev–Trinajstić information content (AvgIpc) is 3.21. The lowest BCUT2D eigenvalue weighted by Crippen LogP contribution is -2.57. The van der Waals surface area contributed by atoms with Gasteiger partial charge in [-0.1, -0.05) is 29.8 Å². The molecule has 1 atom stereocenters. The van der Waals surface area contributed by atoms with Crippen LogP contribution < -0.4 is 0 Å². The van der Waals surface area contributed by atoms with Crippen molar-refractivity contribution in [3.63, 3.8) is 0 Å². The van der Waals surface area contributed by atoms with E-state index < -0.39 is 14.3 Å². The summed E-state index contributed by atoms with van der Waals surface area (Å²) in [5, 5.41) is 13.9. The third kappa shape index (κ3) is 4.46. The van der Waals surface area contributed by atoms with Crippen LogP contribution in [0.5, 0.6) is 0 Å². The second-order valence-corrected chi connectivity index (χ2v) is 11.5. The molecule has 182 valence electrons. The van der Waals surface area contributed by atoms with E-state index in [0.29, 0.717) is 21.7 Å². The number of carbonyl (C=O) groups is 1. The predicted molar refractivity (Wildman–Crippen MR) is 133 cm³/mol. The topological polar surface area (TPSA) is 93.6 Å². The molecule has 2 aliphatic heterocycles. The van der Waals surface area contributed by atoms with Gasteiger partial charge in [0.1, 0.15) is 13.1 Å². The monoisotopic (exact) mass is 512 g/mol. The molecule has 1 fully saturated rings. The van der Waals surface area contributed by atoms with Gasteiger partial charge in [-0.25, -0.2) is 4.05 Å². The van der Waals surface area contributed by atoms with Crippen LogP contribution in [0, 0.1) is 12.1 Å². The molecule has 10 heteroatoms. The van der Waals surface area contributed by atoms with Gasteiger partial charge >= 0.3 is 10.2 Å². The lowest BCUT2D eigenvalue weighted by Gasteiger charge is -2.42. The first-order valence-corrected chi connectivity index (χ1v) is 13.1. The molecule has 0 aliphatic carbocycles.